The maximum atomic E-state index is 12.5. The molecule has 0 unspecified atom stereocenters. The van der Waals surface area contributed by atoms with Gasteiger partial charge in [-0.15, -0.1) is 0 Å². The highest BCUT2D eigenvalue weighted by Gasteiger charge is 2.13. The molecular formula is C26H24Br2N2O5. The van der Waals surface area contributed by atoms with Gasteiger partial charge >= 0.3 is 0 Å². The molecule has 3 aromatic carbocycles. The molecule has 0 aliphatic carbocycles. The number of nitrogens with zero attached hydrogens (tertiary/aromatic N) is 1. The highest BCUT2D eigenvalue weighted by atomic mass is 79.9. The Morgan fingerprint density at radius 3 is 2.40 bits per heavy atom. The monoisotopic (exact) mass is 602 g/mol. The summed E-state index contributed by atoms with van der Waals surface area (Å²) in [6.07, 6.45) is 3.14. The van der Waals surface area contributed by atoms with Crippen molar-refractivity contribution in [3.05, 3.63) is 92.9 Å². The number of amides is 1. The van der Waals surface area contributed by atoms with Crippen LogP contribution in [0.15, 0.2) is 81.3 Å². The van der Waals surface area contributed by atoms with Crippen molar-refractivity contribution in [1.82, 2.24) is 5.43 Å². The molecule has 182 valence electrons. The summed E-state index contributed by atoms with van der Waals surface area (Å²) in [7, 11) is 3.07. The average molecular weight is 604 g/mol. The summed E-state index contributed by atoms with van der Waals surface area (Å²) in [6.45, 7) is 4.33. The van der Waals surface area contributed by atoms with Crippen molar-refractivity contribution in [3.63, 3.8) is 0 Å². The van der Waals surface area contributed by atoms with Gasteiger partial charge in [0, 0.05) is 10.0 Å². The molecule has 3 aromatic rings. The quantitative estimate of drug-likeness (QED) is 0.162. The van der Waals surface area contributed by atoms with Crippen molar-refractivity contribution in [2.75, 3.05) is 20.8 Å². The van der Waals surface area contributed by atoms with Gasteiger partial charge in [0.2, 0.25) is 0 Å². The number of methoxy groups -OCH3 is 2. The highest BCUT2D eigenvalue weighted by Crippen LogP contribution is 2.37. The van der Waals surface area contributed by atoms with Gasteiger partial charge in [0.25, 0.3) is 5.91 Å². The normalized spacial score (nSPS) is 10.6. The van der Waals surface area contributed by atoms with E-state index >= 15 is 0 Å². The molecule has 35 heavy (non-hydrogen) atoms. The first-order valence-electron chi connectivity index (χ1n) is 10.4. The van der Waals surface area contributed by atoms with E-state index in [9.17, 15) is 4.79 Å². The predicted molar refractivity (Wildman–Crippen MR) is 143 cm³/mol. The Labute approximate surface area is 221 Å². The van der Waals surface area contributed by atoms with Crippen molar-refractivity contribution in [2.45, 2.75) is 6.61 Å². The maximum Gasteiger partial charge on any atom is 0.271 e. The molecule has 0 bridgehead atoms. The predicted octanol–water partition coefficient (Wildman–Crippen LogP) is 6.14. The molecule has 0 radical (unpaired) electrons. The molecular weight excluding hydrogens is 580 g/mol. The average Bonchev–Trinajstić information content (AvgIpc) is 2.87. The van der Waals surface area contributed by atoms with Crippen LogP contribution in [0.5, 0.6) is 23.0 Å². The Kier molecular flexibility index (Phi) is 9.75. The molecule has 9 heteroatoms. The van der Waals surface area contributed by atoms with E-state index in [2.05, 4.69) is 49.0 Å². The Morgan fingerprint density at radius 2 is 1.71 bits per heavy atom. The van der Waals surface area contributed by atoms with Gasteiger partial charge in [-0.25, -0.2) is 5.43 Å². The van der Waals surface area contributed by atoms with Crippen molar-refractivity contribution in [2.24, 2.45) is 5.10 Å². The number of nitrogens with one attached hydrogen (secondary N) is 1. The van der Waals surface area contributed by atoms with E-state index in [4.69, 9.17) is 18.9 Å². The first kappa shape index (κ1) is 26.3. The van der Waals surface area contributed by atoms with E-state index in [0.717, 1.165) is 10.0 Å². The standard InChI is InChI=1S/C26H24Br2N2O5/c1-4-11-34-22-10-7-19(14-23(22)32-2)26(31)30-29-15-18-12-21(28)25(24(13-18)33-3)35-16-17-5-8-20(27)9-6-17/h4-10,12-15H,1,11,16H2,2-3H3,(H,30,31)/b29-15+. The van der Waals surface area contributed by atoms with Crippen LogP contribution in [0.1, 0.15) is 21.5 Å². The molecule has 1 N–H and O–H groups in total. The lowest BCUT2D eigenvalue weighted by Gasteiger charge is -2.13. The second-order valence-electron chi connectivity index (χ2n) is 7.11. The van der Waals surface area contributed by atoms with Gasteiger partial charge in [0.1, 0.15) is 13.2 Å². The highest BCUT2D eigenvalue weighted by molar-refractivity contribution is 9.10. The number of hydrazone groups is 1. The third-order valence-electron chi connectivity index (χ3n) is 4.71. The van der Waals surface area contributed by atoms with E-state index in [-0.39, 0.29) is 0 Å². The zero-order valence-electron chi connectivity index (χ0n) is 19.2. The largest absolute Gasteiger partial charge is 0.493 e. The van der Waals surface area contributed by atoms with Crippen LogP contribution in [0.25, 0.3) is 0 Å². The van der Waals surface area contributed by atoms with Gasteiger partial charge in [-0.05, 0) is 69.5 Å². The molecule has 3 rings (SSSR count). The first-order chi connectivity index (χ1) is 16.9. The fourth-order valence-corrected chi connectivity index (χ4v) is 3.84. The molecule has 0 aliphatic heterocycles. The molecule has 0 saturated carbocycles. The van der Waals surface area contributed by atoms with Crippen molar-refractivity contribution in [1.29, 1.82) is 0 Å². The Morgan fingerprint density at radius 1 is 0.971 bits per heavy atom. The van der Waals surface area contributed by atoms with Crippen molar-refractivity contribution >= 4 is 44.0 Å². The minimum absolute atomic E-state index is 0.333. The third-order valence-corrected chi connectivity index (χ3v) is 5.83. The zero-order valence-corrected chi connectivity index (χ0v) is 22.4. The summed E-state index contributed by atoms with van der Waals surface area (Å²) >= 11 is 6.95. The number of rotatable bonds is 11. The number of carbonyl (C=O) groups is 1. The van der Waals surface area contributed by atoms with E-state index in [1.165, 1.54) is 13.3 Å². The van der Waals surface area contributed by atoms with E-state index in [1.54, 1.807) is 37.5 Å². The number of carbonyl (C=O) groups excluding carboxylic acids is 1. The van der Waals surface area contributed by atoms with Crippen LogP contribution in [-0.2, 0) is 6.61 Å². The van der Waals surface area contributed by atoms with Gasteiger partial charge in [0.15, 0.2) is 23.0 Å². The topological polar surface area (TPSA) is 78.4 Å². The lowest BCUT2D eigenvalue weighted by molar-refractivity contribution is 0.0954. The first-order valence-corrected chi connectivity index (χ1v) is 12.0. The van der Waals surface area contributed by atoms with Crippen LogP contribution in [0.2, 0.25) is 0 Å². The number of halogens is 2. The minimum atomic E-state index is -0.393. The molecule has 7 nitrogen and oxygen atoms in total. The number of ether oxygens (including phenoxy) is 4. The molecule has 0 fully saturated rings. The third kappa shape index (κ3) is 7.34. The summed E-state index contributed by atoms with van der Waals surface area (Å²) in [5.41, 5.74) is 4.61. The van der Waals surface area contributed by atoms with Crippen LogP contribution < -0.4 is 24.4 Å². The SMILES string of the molecule is C=CCOc1ccc(C(=O)N/N=C/c2cc(Br)c(OCc3ccc(Br)cc3)c(OC)c2)cc1OC. The zero-order chi connectivity index (χ0) is 25.2. The number of hydrogen-bond acceptors (Lipinski definition) is 6. The summed E-state index contributed by atoms with van der Waals surface area (Å²) in [5.74, 6) is 1.67. The Balaban J connectivity index is 1.67. The molecule has 1 amide bonds. The van der Waals surface area contributed by atoms with Gasteiger partial charge in [-0.3, -0.25) is 4.79 Å². The summed E-state index contributed by atoms with van der Waals surface area (Å²) in [5, 5.41) is 4.06. The second kappa shape index (κ2) is 13.0. The fourth-order valence-electron chi connectivity index (χ4n) is 3.00. The maximum absolute atomic E-state index is 12.5. The second-order valence-corrected chi connectivity index (χ2v) is 8.88. The van der Waals surface area contributed by atoms with Gasteiger partial charge in [0.05, 0.1) is 24.9 Å². The molecule has 0 atom stereocenters. The molecule has 0 heterocycles. The Hall–Kier alpha value is -3.30. The lowest BCUT2D eigenvalue weighted by atomic mass is 10.2. The summed E-state index contributed by atoms with van der Waals surface area (Å²) in [4.78, 5) is 12.5. The van der Waals surface area contributed by atoms with Crippen LogP contribution >= 0.6 is 31.9 Å². The van der Waals surface area contributed by atoms with Crippen molar-refractivity contribution in [3.8, 4) is 23.0 Å². The van der Waals surface area contributed by atoms with Crippen molar-refractivity contribution < 1.29 is 23.7 Å². The van der Waals surface area contributed by atoms with Crippen LogP contribution in [-0.4, -0.2) is 32.9 Å². The van der Waals surface area contributed by atoms with Gasteiger partial charge < -0.3 is 18.9 Å². The molecule has 0 aliphatic rings. The van der Waals surface area contributed by atoms with Crippen LogP contribution in [0.3, 0.4) is 0 Å². The molecule has 0 spiro atoms. The van der Waals surface area contributed by atoms with E-state index < -0.39 is 5.91 Å². The van der Waals surface area contributed by atoms with E-state index in [1.807, 2.05) is 30.3 Å². The van der Waals surface area contributed by atoms with Crippen LogP contribution in [0.4, 0.5) is 0 Å². The summed E-state index contributed by atoms with van der Waals surface area (Å²) in [6, 6.07) is 16.3. The lowest BCUT2D eigenvalue weighted by Crippen LogP contribution is -2.17. The fraction of sp³-hybridized carbons (Fsp3) is 0.154. The number of benzene rings is 3. The van der Waals surface area contributed by atoms with E-state index in [0.29, 0.717) is 51.8 Å². The smallest absolute Gasteiger partial charge is 0.271 e. The molecule has 0 saturated heterocycles. The minimum Gasteiger partial charge on any atom is -0.493 e. The van der Waals surface area contributed by atoms with Crippen LogP contribution in [0, 0.1) is 0 Å². The van der Waals surface area contributed by atoms with Gasteiger partial charge in [-0.2, -0.15) is 5.10 Å². The molecule has 0 aromatic heterocycles. The number of hydrogen-bond donors (Lipinski definition) is 1. The van der Waals surface area contributed by atoms with Gasteiger partial charge in [-0.1, -0.05) is 40.7 Å². The Bertz CT molecular complexity index is 1210. The summed E-state index contributed by atoms with van der Waals surface area (Å²) < 4.78 is 24.0.